The van der Waals surface area contributed by atoms with E-state index in [0.717, 1.165) is 32.1 Å². The summed E-state index contributed by atoms with van der Waals surface area (Å²) >= 11 is 0. The summed E-state index contributed by atoms with van der Waals surface area (Å²) in [6.45, 7) is 4.99. The molecular formula is C50H100NO7P. The number of carbonyl (C=O) groups excluding carboxylic acids is 1. The maximum atomic E-state index is 12.6. The van der Waals surface area contributed by atoms with E-state index in [-0.39, 0.29) is 32.3 Å². The first-order valence-corrected chi connectivity index (χ1v) is 27.2. The molecule has 0 saturated carbocycles. The van der Waals surface area contributed by atoms with Crippen LogP contribution in [-0.2, 0) is 27.9 Å². The molecule has 0 heterocycles. The van der Waals surface area contributed by atoms with Crippen LogP contribution in [0.4, 0.5) is 0 Å². The Hall–Kier alpha value is -0.760. The van der Waals surface area contributed by atoms with Crippen LogP contribution in [-0.4, -0.2) is 49.9 Å². The lowest BCUT2D eigenvalue weighted by Gasteiger charge is -2.20. The van der Waals surface area contributed by atoms with E-state index >= 15 is 0 Å². The van der Waals surface area contributed by atoms with Crippen molar-refractivity contribution >= 4 is 13.8 Å². The van der Waals surface area contributed by atoms with Gasteiger partial charge in [-0.3, -0.25) is 13.8 Å². The molecule has 0 radical (unpaired) electrons. The molecule has 0 spiro atoms. The fraction of sp³-hybridized carbons (Fsp3) is 0.940. The Bertz CT molecular complexity index is 920. The molecule has 0 aromatic rings. The fourth-order valence-electron chi connectivity index (χ4n) is 7.64. The fourth-order valence-corrected chi connectivity index (χ4v) is 8.41. The quantitative estimate of drug-likeness (QED) is 0.0269. The zero-order chi connectivity index (χ0) is 43.0. The van der Waals surface area contributed by atoms with Crippen molar-refractivity contribution in [2.45, 2.75) is 270 Å². The molecule has 0 aromatic heterocycles. The van der Waals surface area contributed by atoms with Gasteiger partial charge in [0.2, 0.25) is 0 Å². The zero-order valence-corrected chi connectivity index (χ0v) is 40.2. The van der Waals surface area contributed by atoms with Crippen molar-refractivity contribution in [3.8, 4) is 0 Å². The number of allylic oxidation sites excluding steroid dienone is 2. The van der Waals surface area contributed by atoms with Crippen molar-refractivity contribution in [1.29, 1.82) is 0 Å². The number of esters is 1. The standard InChI is InChI=1S/C50H100NO7P/c1-3-5-7-9-11-13-15-17-19-21-22-23-24-25-26-27-28-30-32-34-36-38-40-42-45-55-47-49(48-57-59(53,54)56-46-44-51)58-50(52)43-41-39-37-35-33-31-29-20-18-16-14-12-10-8-6-4-2/h21-22,49H,3-20,23-48,51H2,1-2H3,(H,53,54)/b22-21-. The number of rotatable bonds is 50. The molecular weight excluding hydrogens is 758 g/mol. The van der Waals surface area contributed by atoms with Crippen LogP contribution in [0.15, 0.2) is 12.2 Å². The summed E-state index contributed by atoms with van der Waals surface area (Å²) in [5, 5.41) is 0. The minimum Gasteiger partial charge on any atom is -0.457 e. The van der Waals surface area contributed by atoms with Gasteiger partial charge in [-0.2, -0.15) is 0 Å². The number of ether oxygens (including phenoxy) is 2. The van der Waals surface area contributed by atoms with Crippen molar-refractivity contribution in [2.75, 3.05) is 33.0 Å². The number of phosphoric ester groups is 1. The average Bonchev–Trinajstić information content (AvgIpc) is 3.23. The third kappa shape index (κ3) is 48.1. The van der Waals surface area contributed by atoms with Gasteiger partial charge in [0.25, 0.3) is 0 Å². The third-order valence-electron chi connectivity index (χ3n) is 11.4. The average molecular weight is 858 g/mol. The first-order chi connectivity index (χ1) is 28.9. The molecule has 0 fully saturated rings. The van der Waals surface area contributed by atoms with Crippen LogP contribution in [0, 0.1) is 0 Å². The minimum absolute atomic E-state index is 0.0915. The van der Waals surface area contributed by atoms with Crippen LogP contribution >= 0.6 is 7.82 Å². The van der Waals surface area contributed by atoms with Gasteiger partial charge in [0.05, 0.1) is 19.8 Å². The van der Waals surface area contributed by atoms with Crippen molar-refractivity contribution in [2.24, 2.45) is 5.73 Å². The molecule has 0 aromatic carbocycles. The van der Waals surface area contributed by atoms with Gasteiger partial charge >= 0.3 is 13.8 Å². The van der Waals surface area contributed by atoms with Gasteiger partial charge in [-0.25, -0.2) is 4.57 Å². The summed E-state index contributed by atoms with van der Waals surface area (Å²) in [7, 11) is -4.28. The summed E-state index contributed by atoms with van der Waals surface area (Å²) in [4.78, 5) is 22.6. The van der Waals surface area contributed by atoms with E-state index in [1.165, 1.54) is 212 Å². The number of phosphoric acid groups is 1. The Kier molecular flexibility index (Phi) is 47.7. The predicted molar refractivity (Wildman–Crippen MR) is 252 cm³/mol. The van der Waals surface area contributed by atoms with Crippen molar-refractivity contribution < 1.29 is 32.8 Å². The highest BCUT2D eigenvalue weighted by Gasteiger charge is 2.25. The van der Waals surface area contributed by atoms with Gasteiger partial charge in [0.15, 0.2) is 0 Å². The van der Waals surface area contributed by atoms with Crippen LogP contribution < -0.4 is 5.73 Å². The van der Waals surface area contributed by atoms with Crippen molar-refractivity contribution in [3.63, 3.8) is 0 Å². The predicted octanol–water partition coefficient (Wildman–Crippen LogP) is 15.8. The summed E-state index contributed by atoms with van der Waals surface area (Å²) in [6, 6.07) is 0. The second-order valence-electron chi connectivity index (χ2n) is 17.4. The number of nitrogens with two attached hydrogens (primary N) is 1. The summed E-state index contributed by atoms with van der Waals surface area (Å²) in [5.74, 6) is -0.324. The Morgan fingerprint density at radius 2 is 0.847 bits per heavy atom. The molecule has 8 nitrogen and oxygen atoms in total. The van der Waals surface area contributed by atoms with E-state index in [9.17, 15) is 14.3 Å². The lowest BCUT2D eigenvalue weighted by Crippen LogP contribution is -2.28. The van der Waals surface area contributed by atoms with E-state index in [2.05, 4.69) is 26.0 Å². The second kappa shape index (κ2) is 48.3. The number of carbonyl (C=O) groups is 1. The topological polar surface area (TPSA) is 117 Å². The normalized spacial score (nSPS) is 13.4. The largest absolute Gasteiger partial charge is 0.472 e. The van der Waals surface area contributed by atoms with Crippen molar-refractivity contribution in [1.82, 2.24) is 0 Å². The highest BCUT2D eigenvalue weighted by molar-refractivity contribution is 7.47. The number of hydrogen-bond acceptors (Lipinski definition) is 7. The first-order valence-electron chi connectivity index (χ1n) is 25.7. The maximum absolute atomic E-state index is 12.6. The molecule has 0 aliphatic heterocycles. The highest BCUT2D eigenvalue weighted by atomic mass is 31.2. The molecule has 2 atom stereocenters. The van der Waals surface area contributed by atoms with Gasteiger partial charge < -0.3 is 20.1 Å². The molecule has 0 rings (SSSR count). The summed E-state index contributed by atoms with van der Waals surface area (Å²) < 4.78 is 33.6. The van der Waals surface area contributed by atoms with Gasteiger partial charge in [0.1, 0.15) is 6.10 Å². The monoisotopic (exact) mass is 858 g/mol. The lowest BCUT2D eigenvalue weighted by molar-refractivity contribution is -0.154. The molecule has 2 unspecified atom stereocenters. The van der Waals surface area contributed by atoms with Crippen LogP contribution in [0.25, 0.3) is 0 Å². The van der Waals surface area contributed by atoms with Gasteiger partial charge in [-0.05, 0) is 38.5 Å². The lowest BCUT2D eigenvalue weighted by atomic mass is 10.0. The van der Waals surface area contributed by atoms with E-state index in [1.54, 1.807) is 0 Å². The molecule has 0 amide bonds. The van der Waals surface area contributed by atoms with E-state index in [0.29, 0.717) is 13.0 Å². The molecule has 0 aliphatic carbocycles. The molecule has 0 saturated heterocycles. The third-order valence-corrected chi connectivity index (χ3v) is 12.4. The molecule has 0 aliphatic rings. The van der Waals surface area contributed by atoms with E-state index in [4.69, 9.17) is 24.3 Å². The van der Waals surface area contributed by atoms with Gasteiger partial charge in [0, 0.05) is 19.6 Å². The Morgan fingerprint density at radius 1 is 0.492 bits per heavy atom. The number of unbranched alkanes of at least 4 members (excludes halogenated alkanes) is 35. The smallest absolute Gasteiger partial charge is 0.457 e. The molecule has 0 bridgehead atoms. The van der Waals surface area contributed by atoms with E-state index in [1.807, 2.05) is 0 Å². The second-order valence-corrected chi connectivity index (χ2v) is 18.8. The molecule has 3 N–H and O–H groups in total. The summed E-state index contributed by atoms with van der Waals surface area (Å²) in [6.07, 6.45) is 53.9. The Morgan fingerprint density at radius 3 is 1.24 bits per heavy atom. The molecule has 59 heavy (non-hydrogen) atoms. The first kappa shape index (κ1) is 58.2. The highest BCUT2D eigenvalue weighted by Crippen LogP contribution is 2.43. The zero-order valence-electron chi connectivity index (χ0n) is 39.3. The molecule has 352 valence electrons. The van der Waals surface area contributed by atoms with Gasteiger partial charge in [-0.15, -0.1) is 0 Å². The van der Waals surface area contributed by atoms with E-state index < -0.39 is 13.9 Å². The summed E-state index contributed by atoms with van der Waals surface area (Å²) in [5.41, 5.74) is 5.39. The van der Waals surface area contributed by atoms with Crippen LogP contribution in [0.3, 0.4) is 0 Å². The maximum Gasteiger partial charge on any atom is 0.472 e. The minimum atomic E-state index is -4.28. The van der Waals surface area contributed by atoms with Crippen molar-refractivity contribution in [3.05, 3.63) is 12.2 Å². The Labute approximate surface area is 366 Å². The molecule has 9 heteroatoms. The SMILES string of the molecule is CCCCCCCCCC/C=C\CCCCCCCCCCCCCCOCC(COP(=O)(O)OCCN)OC(=O)CCCCCCCCCCCCCCCCCC. The van der Waals surface area contributed by atoms with Crippen LogP contribution in [0.2, 0.25) is 0 Å². The number of hydrogen-bond donors (Lipinski definition) is 2. The Balaban J connectivity index is 3.87. The van der Waals surface area contributed by atoms with Crippen LogP contribution in [0.5, 0.6) is 0 Å². The van der Waals surface area contributed by atoms with Gasteiger partial charge in [-0.1, -0.05) is 231 Å². The van der Waals surface area contributed by atoms with Crippen LogP contribution in [0.1, 0.15) is 264 Å².